The third-order valence-corrected chi connectivity index (χ3v) is 5.07. The zero-order chi connectivity index (χ0) is 16.8. The lowest BCUT2D eigenvalue weighted by Crippen LogP contribution is -2.43. The number of piperidine rings is 1. The fraction of sp³-hybridized carbons (Fsp3) is 0.650. The molecular formula is C20H30N2O2. The number of benzene rings is 1. The molecule has 4 heteroatoms. The first-order valence-electron chi connectivity index (χ1n) is 9.36. The minimum Gasteiger partial charge on any atom is -0.368 e. The minimum absolute atomic E-state index is 0.0378. The van der Waals surface area contributed by atoms with E-state index in [1.807, 2.05) is 6.92 Å². The first kappa shape index (κ1) is 17.4. The highest BCUT2D eigenvalue weighted by Crippen LogP contribution is 2.29. The summed E-state index contributed by atoms with van der Waals surface area (Å²) in [6, 6.07) is 10.6. The summed E-state index contributed by atoms with van der Waals surface area (Å²) >= 11 is 0. The maximum Gasteiger partial charge on any atom is 0.248 e. The van der Waals surface area contributed by atoms with Crippen molar-refractivity contribution in [1.29, 1.82) is 0 Å². The molecule has 2 fully saturated rings. The lowest BCUT2D eigenvalue weighted by atomic mass is 9.97. The van der Waals surface area contributed by atoms with E-state index in [-0.39, 0.29) is 12.0 Å². The van der Waals surface area contributed by atoms with Crippen molar-refractivity contribution in [3.8, 4) is 0 Å². The monoisotopic (exact) mass is 330 g/mol. The Morgan fingerprint density at radius 1 is 1.25 bits per heavy atom. The summed E-state index contributed by atoms with van der Waals surface area (Å²) in [5.41, 5.74) is 1.37. The van der Waals surface area contributed by atoms with E-state index in [0.29, 0.717) is 11.8 Å². The van der Waals surface area contributed by atoms with Gasteiger partial charge in [0.15, 0.2) is 0 Å². The highest BCUT2D eigenvalue weighted by Gasteiger charge is 2.25. The second-order valence-electron chi connectivity index (χ2n) is 7.39. The zero-order valence-electron chi connectivity index (χ0n) is 14.7. The zero-order valence-corrected chi connectivity index (χ0v) is 14.7. The molecule has 0 radical (unpaired) electrons. The molecule has 3 rings (SSSR count). The number of rotatable bonds is 8. The minimum atomic E-state index is -0.324. The average molecular weight is 330 g/mol. The lowest BCUT2D eigenvalue weighted by molar-refractivity contribution is -0.132. The van der Waals surface area contributed by atoms with Crippen molar-refractivity contribution in [1.82, 2.24) is 10.2 Å². The van der Waals surface area contributed by atoms with Crippen molar-refractivity contribution >= 4 is 5.91 Å². The van der Waals surface area contributed by atoms with Crippen molar-refractivity contribution in [3.05, 3.63) is 35.9 Å². The molecule has 0 aromatic heterocycles. The Kier molecular flexibility index (Phi) is 6.27. The van der Waals surface area contributed by atoms with Crippen LogP contribution in [0.25, 0.3) is 0 Å². The van der Waals surface area contributed by atoms with Crippen LogP contribution in [-0.4, -0.2) is 43.2 Å². The summed E-state index contributed by atoms with van der Waals surface area (Å²) in [6.07, 6.45) is 4.60. The highest BCUT2D eigenvalue weighted by atomic mass is 16.5. The SMILES string of the molecule is C[C@H](OCC1CC1)C(=O)NC[C@H]1CCCN(Cc2ccccc2)C1. The Hall–Kier alpha value is -1.39. The van der Waals surface area contributed by atoms with Gasteiger partial charge in [-0.1, -0.05) is 30.3 Å². The van der Waals surface area contributed by atoms with Gasteiger partial charge in [-0.25, -0.2) is 0 Å². The van der Waals surface area contributed by atoms with Crippen LogP contribution >= 0.6 is 0 Å². The molecule has 2 aliphatic rings. The Balaban J connectivity index is 1.37. The summed E-state index contributed by atoms with van der Waals surface area (Å²) in [6.45, 7) is 6.59. The van der Waals surface area contributed by atoms with Crippen molar-refractivity contribution < 1.29 is 9.53 Å². The normalized spacial score (nSPS) is 23.0. The third-order valence-electron chi connectivity index (χ3n) is 5.07. The van der Waals surface area contributed by atoms with E-state index in [2.05, 4.69) is 40.5 Å². The molecule has 132 valence electrons. The Labute approximate surface area is 145 Å². The van der Waals surface area contributed by atoms with Gasteiger partial charge >= 0.3 is 0 Å². The fourth-order valence-corrected chi connectivity index (χ4v) is 3.33. The molecule has 0 spiro atoms. The van der Waals surface area contributed by atoms with Gasteiger partial charge in [0.05, 0.1) is 6.61 Å². The van der Waals surface area contributed by atoms with Crippen LogP contribution in [-0.2, 0) is 16.1 Å². The molecule has 1 aliphatic heterocycles. The quantitative estimate of drug-likeness (QED) is 0.797. The maximum absolute atomic E-state index is 12.1. The van der Waals surface area contributed by atoms with E-state index < -0.39 is 0 Å². The van der Waals surface area contributed by atoms with Crippen LogP contribution in [0.4, 0.5) is 0 Å². The van der Waals surface area contributed by atoms with Crippen LogP contribution in [0, 0.1) is 11.8 Å². The molecule has 1 N–H and O–H groups in total. The molecule has 0 bridgehead atoms. The molecule has 1 aromatic rings. The van der Waals surface area contributed by atoms with Gasteiger partial charge in [0, 0.05) is 19.6 Å². The number of hydrogen-bond donors (Lipinski definition) is 1. The van der Waals surface area contributed by atoms with Crippen molar-refractivity contribution in [2.45, 2.75) is 45.3 Å². The first-order valence-corrected chi connectivity index (χ1v) is 9.36. The number of ether oxygens (including phenoxy) is 1. The number of amides is 1. The molecule has 1 aliphatic carbocycles. The molecule has 0 unspecified atom stereocenters. The van der Waals surface area contributed by atoms with Gasteiger partial charge < -0.3 is 10.1 Å². The second-order valence-corrected chi connectivity index (χ2v) is 7.39. The average Bonchev–Trinajstić information content (AvgIpc) is 3.43. The van der Waals surface area contributed by atoms with Crippen molar-refractivity contribution in [2.75, 3.05) is 26.2 Å². The van der Waals surface area contributed by atoms with E-state index in [1.165, 1.54) is 31.2 Å². The molecule has 24 heavy (non-hydrogen) atoms. The van der Waals surface area contributed by atoms with Crippen LogP contribution in [0.15, 0.2) is 30.3 Å². The standard InChI is InChI=1S/C20H30N2O2/c1-16(24-15-18-9-10-18)20(23)21-12-19-8-5-11-22(14-19)13-17-6-3-2-4-7-17/h2-4,6-7,16,18-19H,5,8-15H2,1H3,(H,21,23)/t16-,19+/m0/s1. The van der Waals surface area contributed by atoms with Gasteiger partial charge in [0.1, 0.15) is 6.10 Å². The second kappa shape index (κ2) is 8.63. The van der Waals surface area contributed by atoms with Crippen LogP contribution in [0.3, 0.4) is 0 Å². The summed E-state index contributed by atoms with van der Waals surface area (Å²) in [4.78, 5) is 14.6. The van der Waals surface area contributed by atoms with E-state index >= 15 is 0 Å². The predicted molar refractivity (Wildman–Crippen MR) is 95.6 cm³/mol. The van der Waals surface area contributed by atoms with E-state index in [1.54, 1.807) is 0 Å². The maximum atomic E-state index is 12.1. The van der Waals surface area contributed by atoms with Crippen LogP contribution in [0.1, 0.15) is 38.2 Å². The molecule has 4 nitrogen and oxygen atoms in total. The predicted octanol–water partition coefficient (Wildman–Crippen LogP) is 2.83. The number of carbonyl (C=O) groups excluding carboxylic acids is 1. The Morgan fingerprint density at radius 3 is 2.79 bits per heavy atom. The molecule has 1 saturated carbocycles. The summed E-state index contributed by atoms with van der Waals surface area (Å²) in [5.74, 6) is 1.28. The van der Waals surface area contributed by atoms with Crippen molar-refractivity contribution in [3.63, 3.8) is 0 Å². The van der Waals surface area contributed by atoms with Crippen molar-refractivity contribution in [2.24, 2.45) is 11.8 Å². The first-order chi connectivity index (χ1) is 11.7. The van der Waals surface area contributed by atoms with Gasteiger partial charge in [-0.05, 0) is 56.6 Å². The molecule has 1 amide bonds. The largest absolute Gasteiger partial charge is 0.368 e. The Bertz CT molecular complexity index is 516. The summed E-state index contributed by atoms with van der Waals surface area (Å²) in [7, 11) is 0. The number of likely N-dealkylation sites (tertiary alicyclic amines) is 1. The topological polar surface area (TPSA) is 41.6 Å². The van der Waals surface area contributed by atoms with Gasteiger partial charge in [-0.2, -0.15) is 0 Å². The molecule has 1 saturated heterocycles. The van der Waals surface area contributed by atoms with Gasteiger partial charge in [-0.3, -0.25) is 9.69 Å². The van der Waals surface area contributed by atoms with E-state index in [4.69, 9.17) is 4.74 Å². The van der Waals surface area contributed by atoms with Crippen LogP contribution < -0.4 is 5.32 Å². The summed E-state index contributed by atoms with van der Waals surface area (Å²) < 4.78 is 5.65. The number of nitrogens with one attached hydrogen (secondary N) is 1. The fourth-order valence-electron chi connectivity index (χ4n) is 3.33. The van der Waals surface area contributed by atoms with E-state index in [0.717, 1.165) is 32.8 Å². The van der Waals surface area contributed by atoms with E-state index in [9.17, 15) is 4.79 Å². The molecular weight excluding hydrogens is 300 g/mol. The number of nitrogens with zero attached hydrogens (tertiary/aromatic N) is 1. The van der Waals surface area contributed by atoms with Gasteiger partial charge in [0.25, 0.3) is 0 Å². The molecule has 2 atom stereocenters. The number of carbonyl (C=O) groups is 1. The van der Waals surface area contributed by atoms with Gasteiger partial charge in [0.2, 0.25) is 5.91 Å². The van der Waals surface area contributed by atoms with Crippen LogP contribution in [0.2, 0.25) is 0 Å². The smallest absolute Gasteiger partial charge is 0.248 e. The lowest BCUT2D eigenvalue weighted by Gasteiger charge is -2.33. The van der Waals surface area contributed by atoms with Crippen LogP contribution in [0.5, 0.6) is 0 Å². The third kappa shape index (κ3) is 5.60. The number of hydrogen-bond acceptors (Lipinski definition) is 3. The summed E-state index contributed by atoms with van der Waals surface area (Å²) in [5, 5.41) is 3.09. The Morgan fingerprint density at radius 2 is 2.04 bits per heavy atom. The molecule has 1 heterocycles. The van der Waals surface area contributed by atoms with Gasteiger partial charge in [-0.15, -0.1) is 0 Å². The molecule has 1 aromatic carbocycles. The highest BCUT2D eigenvalue weighted by molar-refractivity contribution is 5.80.